The first-order chi connectivity index (χ1) is 4.80. The second-order valence-electron chi connectivity index (χ2n) is 1.89. The molecule has 1 N–H and O–H groups in total. The number of rotatable bonds is 0. The van der Waals surface area contributed by atoms with Crippen molar-refractivity contribution in [2.45, 2.75) is 6.42 Å². The third-order valence-electron chi connectivity index (χ3n) is 1.10. The number of aliphatic hydroxyl groups excluding tert-OH is 1. The van der Waals surface area contributed by atoms with Gasteiger partial charge in [0.25, 0.3) is 0 Å². The van der Waals surface area contributed by atoms with E-state index in [1.54, 1.807) is 12.2 Å². The van der Waals surface area contributed by atoms with Crippen molar-refractivity contribution in [1.82, 2.24) is 0 Å². The van der Waals surface area contributed by atoms with Gasteiger partial charge in [0, 0.05) is 0 Å². The van der Waals surface area contributed by atoms with Gasteiger partial charge in [0.2, 0.25) is 0 Å². The Morgan fingerprint density at radius 2 is 2.40 bits per heavy atom. The van der Waals surface area contributed by atoms with Crippen molar-refractivity contribution < 1.29 is 5.11 Å². The molecule has 52 valence electrons. The van der Waals surface area contributed by atoms with Gasteiger partial charge < -0.3 is 5.11 Å². The summed E-state index contributed by atoms with van der Waals surface area (Å²) in [7, 11) is 0. The summed E-state index contributed by atoms with van der Waals surface area (Å²) in [5, 5.41) is 9.14. The SMILES string of the molecule is OC1=C(Br)C=C=CCC=C1. The Morgan fingerprint density at radius 1 is 1.60 bits per heavy atom. The van der Waals surface area contributed by atoms with Gasteiger partial charge in [0.1, 0.15) is 5.76 Å². The van der Waals surface area contributed by atoms with Gasteiger partial charge >= 0.3 is 0 Å². The van der Waals surface area contributed by atoms with Crippen LogP contribution in [-0.4, -0.2) is 5.11 Å². The average Bonchev–Trinajstić information content (AvgIpc) is 1.92. The molecule has 0 saturated heterocycles. The van der Waals surface area contributed by atoms with Crippen molar-refractivity contribution in [3.8, 4) is 0 Å². The lowest BCUT2D eigenvalue weighted by Gasteiger charge is -1.93. The molecule has 0 bridgehead atoms. The predicted molar refractivity (Wildman–Crippen MR) is 45.0 cm³/mol. The summed E-state index contributed by atoms with van der Waals surface area (Å²) in [4.78, 5) is 0. The lowest BCUT2D eigenvalue weighted by molar-refractivity contribution is 0.431. The highest BCUT2D eigenvalue weighted by Gasteiger charge is 1.93. The van der Waals surface area contributed by atoms with E-state index in [1.165, 1.54) is 0 Å². The van der Waals surface area contributed by atoms with Crippen LogP contribution in [0.15, 0.2) is 40.3 Å². The monoisotopic (exact) mass is 198 g/mol. The van der Waals surface area contributed by atoms with Gasteiger partial charge in [0.05, 0.1) is 4.48 Å². The Kier molecular flexibility index (Phi) is 2.55. The number of halogens is 1. The highest BCUT2D eigenvalue weighted by atomic mass is 79.9. The summed E-state index contributed by atoms with van der Waals surface area (Å²) in [6, 6.07) is 0. The van der Waals surface area contributed by atoms with Crippen molar-refractivity contribution in [1.29, 1.82) is 0 Å². The third-order valence-corrected chi connectivity index (χ3v) is 1.74. The van der Waals surface area contributed by atoms with Crippen molar-refractivity contribution in [2.24, 2.45) is 0 Å². The van der Waals surface area contributed by atoms with Crippen LogP contribution in [0.5, 0.6) is 0 Å². The van der Waals surface area contributed by atoms with Crippen molar-refractivity contribution >= 4 is 15.9 Å². The largest absolute Gasteiger partial charge is 0.507 e. The maximum atomic E-state index is 9.14. The van der Waals surface area contributed by atoms with Crippen LogP contribution in [0.4, 0.5) is 0 Å². The topological polar surface area (TPSA) is 20.2 Å². The van der Waals surface area contributed by atoms with E-state index in [-0.39, 0.29) is 5.76 Å². The van der Waals surface area contributed by atoms with Crippen molar-refractivity contribution in [3.05, 3.63) is 40.3 Å². The fourth-order valence-electron chi connectivity index (χ4n) is 0.601. The highest BCUT2D eigenvalue weighted by Crippen LogP contribution is 2.13. The van der Waals surface area contributed by atoms with E-state index in [0.29, 0.717) is 4.48 Å². The highest BCUT2D eigenvalue weighted by molar-refractivity contribution is 9.11. The molecule has 0 heterocycles. The number of hydrogen-bond donors (Lipinski definition) is 1. The molecule has 10 heavy (non-hydrogen) atoms. The molecule has 0 amide bonds. The quantitative estimate of drug-likeness (QED) is 0.594. The molecular formula is C8H7BrO. The standard InChI is InChI=1S/C8H7BrO/c9-7-5-3-1-2-4-6-8(7)10/h1,4-6,10H,2H2. The molecule has 0 spiro atoms. The van der Waals surface area contributed by atoms with Crippen LogP contribution < -0.4 is 0 Å². The zero-order valence-electron chi connectivity index (χ0n) is 5.34. The Morgan fingerprint density at radius 3 is 3.20 bits per heavy atom. The van der Waals surface area contributed by atoms with Crippen LogP contribution in [0, 0.1) is 0 Å². The maximum Gasteiger partial charge on any atom is 0.130 e. The summed E-state index contributed by atoms with van der Waals surface area (Å²) in [6.07, 6.45) is 7.94. The fraction of sp³-hybridized carbons (Fsp3) is 0.125. The smallest absolute Gasteiger partial charge is 0.130 e. The van der Waals surface area contributed by atoms with Crippen LogP contribution in [0.2, 0.25) is 0 Å². The second kappa shape index (κ2) is 3.45. The van der Waals surface area contributed by atoms with E-state index in [0.717, 1.165) is 6.42 Å². The Hall–Kier alpha value is -0.720. The molecule has 0 saturated carbocycles. The van der Waals surface area contributed by atoms with E-state index < -0.39 is 0 Å². The van der Waals surface area contributed by atoms with E-state index in [2.05, 4.69) is 21.7 Å². The molecule has 0 aliphatic heterocycles. The summed E-state index contributed by atoms with van der Waals surface area (Å²) < 4.78 is 0.666. The van der Waals surface area contributed by atoms with Crippen LogP contribution in [0.25, 0.3) is 0 Å². The first-order valence-electron chi connectivity index (χ1n) is 2.97. The lowest BCUT2D eigenvalue weighted by atomic mass is 10.3. The minimum atomic E-state index is 0.251. The van der Waals surface area contributed by atoms with E-state index in [9.17, 15) is 0 Å². The van der Waals surface area contributed by atoms with Crippen LogP contribution in [0.3, 0.4) is 0 Å². The van der Waals surface area contributed by atoms with Crippen molar-refractivity contribution in [3.63, 3.8) is 0 Å². The molecule has 2 heteroatoms. The summed E-state index contributed by atoms with van der Waals surface area (Å²) in [6.45, 7) is 0. The number of aliphatic hydroxyl groups is 1. The van der Waals surface area contributed by atoms with Gasteiger partial charge in [-0.1, -0.05) is 6.08 Å². The molecule has 1 rings (SSSR count). The second-order valence-corrected chi connectivity index (χ2v) is 2.74. The molecule has 0 unspecified atom stereocenters. The lowest BCUT2D eigenvalue weighted by Crippen LogP contribution is -1.77. The molecular weight excluding hydrogens is 192 g/mol. The molecule has 0 radical (unpaired) electrons. The minimum Gasteiger partial charge on any atom is -0.507 e. The first kappa shape index (κ1) is 7.39. The predicted octanol–water partition coefficient (Wildman–Crippen LogP) is 2.82. The van der Waals surface area contributed by atoms with Gasteiger partial charge in [-0.3, -0.25) is 0 Å². The molecule has 1 nitrogen and oxygen atoms in total. The molecule has 0 aromatic rings. The minimum absolute atomic E-state index is 0.251. The zero-order chi connectivity index (χ0) is 7.40. The van der Waals surface area contributed by atoms with E-state index in [1.807, 2.05) is 12.2 Å². The Bertz CT molecular complexity index is 242. The third kappa shape index (κ3) is 1.90. The molecule has 0 fully saturated rings. The first-order valence-corrected chi connectivity index (χ1v) is 3.76. The van der Waals surface area contributed by atoms with Gasteiger partial charge in [-0.25, -0.2) is 0 Å². The molecule has 0 aromatic heterocycles. The fourth-order valence-corrected chi connectivity index (χ4v) is 0.866. The summed E-state index contributed by atoms with van der Waals surface area (Å²) in [5.74, 6) is 0.251. The Balaban J connectivity index is 2.99. The van der Waals surface area contributed by atoms with Gasteiger partial charge in [-0.2, -0.15) is 0 Å². The molecule has 1 aliphatic rings. The molecule has 0 aromatic carbocycles. The van der Waals surface area contributed by atoms with E-state index in [4.69, 9.17) is 5.11 Å². The van der Waals surface area contributed by atoms with Gasteiger partial charge in [-0.15, -0.1) is 5.73 Å². The van der Waals surface area contributed by atoms with Crippen LogP contribution >= 0.6 is 15.9 Å². The number of hydrogen-bond acceptors (Lipinski definition) is 1. The summed E-state index contributed by atoms with van der Waals surface area (Å²) >= 11 is 3.18. The maximum absolute atomic E-state index is 9.14. The van der Waals surface area contributed by atoms with Crippen LogP contribution in [-0.2, 0) is 0 Å². The summed E-state index contributed by atoms with van der Waals surface area (Å²) in [5.41, 5.74) is 2.90. The van der Waals surface area contributed by atoms with Crippen molar-refractivity contribution in [2.75, 3.05) is 0 Å². The normalized spacial score (nSPS) is 17.3. The molecule has 0 atom stereocenters. The molecule has 1 aliphatic carbocycles. The van der Waals surface area contributed by atoms with Gasteiger partial charge in [-0.05, 0) is 40.6 Å². The van der Waals surface area contributed by atoms with Gasteiger partial charge in [0.15, 0.2) is 0 Å². The average molecular weight is 199 g/mol. The zero-order valence-corrected chi connectivity index (χ0v) is 6.93. The Labute approximate surface area is 68.2 Å². The van der Waals surface area contributed by atoms with E-state index >= 15 is 0 Å². The van der Waals surface area contributed by atoms with Crippen LogP contribution in [0.1, 0.15) is 6.42 Å². The number of allylic oxidation sites excluding steroid dienone is 4.